The third kappa shape index (κ3) is 4.78. The van der Waals surface area contributed by atoms with Crippen molar-refractivity contribution in [1.82, 2.24) is 5.32 Å². The van der Waals surface area contributed by atoms with Gasteiger partial charge in [0.05, 0.1) is 6.04 Å². The van der Waals surface area contributed by atoms with E-state index in [9.17, 15) is 4.79 Å². The van der Waals surface area contributed by atoms with E-state index in [2.05, 4.69) is 30.6 Å². The van der Waals surface area contributed by atoms with E-state index in [-0.39, 0.29) is 11.9 Å². The minimum absolute atomic E-state index is 0.124. The molecular weight excluding hydrogens is 244 g/mol. The maximum atomic E-state index is 12.0. The summed E-state index contributed by atoms with van der Waals surface area (Å²) in [7, 11) is 0. The van der Waals surface area contributed by atoms with Crippen LogP contribution < -0.4 is 11.1 Å². The molecule has 0 aliphatic rings. The van der Waals surface area contributed by atoms with Gasteiger partial charge in [-0.25, -0.2) is 0 Å². The van der Waals surface area contributed by atoms with Crippen LogP contribution in [0.2, 0.25) is 0 Å². The third-order valence-electron chi connectivity index (χ3n) is 3.18. The van der Waals surface area contributed by atoms with Crippen molar-refractivity contribution in [3.05, 3.63) is 22.4 Å². The molecule has 1 aromatic rings. The highest BCUT2D eigenvalue weighted by Gasteiger charge is 2.16. The van der Waals surface area contributed by atoms with Gasteiger partial charge in [-0.1, -0.05) is 32.8 Å². The lowest BCUT2D eigenvalue weighted by molar-refractivity contribution is -0.122. The van der Waals surface area contributed by atoms with E-state index in [4.69, 9.17) is 5.73 Å². The Morgan fingerprint density at radius 2 is 2.28 bits per heavy atom. The van der Waals surface area contributed by atoms with Gasteiger partial charge in [0, 0.05) is 11.3 Å². The molecule has 3 nitrogen and oxygen atoms in total. The van der Waals surface area contributed by atoms with Crippen molar-refractivity contribution in [2.75, 3.05) is 6.54 Å². The van der Waals surface area contributed by atoms with E-state index in [0.717, 1.165) is 19.3 Å². The van der Waals surface area contributed by atoms with Gasteiger partial charge in [0.1, 0.15) is 0 Å². The summed E-state index contributed by atoms with van der Waals surface area (Å²) in [5.41, 5.74) is 5.64. The van der Waals surface area contributed by atoms with Crippen molar-refractivity contribution >= 4 is 17.2 Å². The average molecular weight is 268 g/mol. The molecule has 0 fully saturated rings. The molecule has 0 saturated heterocycles. The molecule has 4 heteroatoms. The lowest BCUT2D eigenvalue weighted by Gasteiger charge is -2.19. The maximum Gasteiger partial charge on any atom is 0.220 e. The van der Waals surface area contributed by atoms with Gasteiger partial charge in [-0.3, -0.25) is 4.79 Å². The number of carbonyl (C=O) groups excluding carboxylic acids is 1. The monoisotopic (exact) mass is 268 g/mol. The zero-order valence-corrected chi connectivity index (χ0v) is 12.1. The molecule has 18 heavy (non-hydrogen) atoms. The fourth-order valence-corrected chi connectivity index (χ4v) is 2.79. The van der Waals surface area contributed by atoms with Crippen LogP contribution in [-0.2, 0) is 4.79 Å². The lowest BCUT2D eigenvalue weighted by Crippen LogP contribution is -2.31. The van der Waals surface area contributed by atoms with Gasteiger partial charge in [-0.05, 0) is 30.3 Å². The molecular formula is C14H24N2OS. The number of hydrogen-bond acceptors (Lipinski definition) is 3. The Hall–Kier alpha value is -0.870. The van der Waals surface area contributed by atoms with Crippen LogP contribution in [0.4, 0.5) is 0 Å². The summed E-state index contributed by atoms with van der Waals surface area (Å²) in [6, 6.07) is 4.28. The Balaban J connectivity index is 2.53. The summed E-state index contributed by atoms with van der Waals surface area (Å²) in [6.07, 6.45) is 3.56. The van der Waals surface area contributed by atoms with E-state index in [1.165, 1.54) is 4.88 Å². The second kappa shape index (κ2) is 8.27. The van der Waals surface area contributed by atoms with Gasteiger partial charge < -0.3 is 11.1 Å². The average Bonchev–Trinajstić information content (AvgIpc) is 2.89. The normalized spacial score (nSPS) is 14.2. The van der Waals surface area contributed by atoms with E-state index in [1.54, 1.807) is 11.3 Å². The Bertz CT molecular complexity index is 334. The Kier molecular flexibility index (Phi) is 6.98. The van der Waals surface area contributed by atoms with Gasteiger partial charge in [0.25, 0.3) is 0 Å². The summed E-state index contributed by atoms with van der Waals surface area (Å²) in [6.45, 7) is 4.80. The van der Waals surface area contributed by atoms with Gasteiger partial charge in [0.15, 0.2) is 0 Å². The Morgan fingerprint density at radius 1 is 1.50 bits per heavy atom. The third-order valence-corrected chi connectivity index (χ3v) is 4.17. The zero-order valence-electron chi connectivity index (χ0n) is 11.3. The van der Waals surface area contributed by atoms with Gasteiger partial charge in [0.2, 0.25) is 5.91 Å². The first-order chi connectivity index (χ1) is 8.71. The fourth-order valence-electron chi connectivity index (χ4n) is 1.97. The number of rotatable bonds is 8. The lowest BCUT2D eigenvalue weighted by atomic mass is 10.0. The van der Waals surface area contributed by atoms with E-state index < -0.39 is 0 Å². The number of hydrogen-bond donors (Lipinski definition) is 2. The van der Waals surface area contributed by atoms with Crippen molar-refractivity contribution in [2.45, 2.75) is 45.6 Å². The first kappa shape index (κ1) is 15.2. The summed E-state index contributed by atoms with van der Waals surface area (Å²) in [5.74, 6) is 0.426. The standard InChI is InChI=1S/C14H24N2OS/c1-3-6-12(13-7-5-8-18-13)16-14(17)9-11(4-2)10-15/h5,7-8,11-12H,3-4,6,9-10,15H2,1-2H3,(H,16,17). The molecule has 2 unspecified atom stereocenters. The van der Waals surface area contributed by atoms with Crippen LogP contribution in [-0.4, -0.2) is 12.5 Å². The van der Waals surface area contributed by atoms with E-state index >= 15 is 0 Å². The van der Waals surface area contributed by atoms with Crippen molar-refractivity contribution < 1.29 is 4.79 Å². The van der Waals surface area contributed by atoms with Crippen molar-refractivity contribution in [3.63, 3.8) is 0 Å². The van der Waals surface area contributed by atoms with Gasteiger partial charge in [-0.2, -0.15) is 0 Å². The highest BCUT2D eigenvalue weighted by atomic mass is 32.1. The second-order valence-corrected chi connectivity index (χ2v) is 5.62. The molecule has 0 aliphatic heterocycles. The molecule has 0 aromatic carbocycles. The molecule has 3 N–H and O–H groups in total. The predicted octanol–water partition coefficient (Wildman–Crippen LogP) is 3.08. The summed E-state index contributed by atoms with van der Waals surface area (Å²) in [4.78, 5) is 13.2. The SMILES string of the molecule is CCCC(NC(=O)CC(CC)CN)c1cccs1. The summed E-state index contributed by atoms with van der Waals surface area (Å²) in [5, 5.41) is 5.19. The van der Waals surface area contributed by atoms with E-state index in [0.29, 0.717) is 18.9 Å². The highest BCUT2D eigenvalue weighted by Crippen LogP contribution is 2.23. The molecule has 1 amide bonds. The van der Waals surface area contributed by atoms with Crippen molar-refractivity contribution in [2.24, 2.45) is 11.7 Å². The van der Waals surface area contributed by atoms with Crippen LogP contribution in [0.15, 0.2) is 17.5 Å². The fraction of sp³-hybridized carbons (Fsp3) is 0.643. The molecule has 2 atom stereocenters. The number of thiophene rings is 1. The van der Waals surface area contributed by atoms with Crippen LogP contribution >= 0.6 is 11.3 Å². The van der Waals surface area contributed by atoms with Crippen LogP contribution in [0.5, 0.6) is 0 Å². The smallest absolute Gasteiger partial charge is 0.220 e. The molecule has 0 aliphatic carbocycles. The van der Waals surface area contributed by atoms with Crippen LogP contribution in [0.25, 0.3) is 0 Å². The Labute approximate surface area is 114 Å². The maximum absolute atomic E-state index is 12.0. The van der Waals surface area contributed by atoms with E-state index in [1.807, 2.05) is 6.07 Å². The molecule has 1 aromatic heterocycles. The molecule has 102 valence electrons. The largest absolute Gasteiger partial charge is 0.348 e. The first-order valence-corrected chi connectivity index (χ1v) is 7.62. The number of carbonyl (C=O) groups is 1. The number of amides is 1. The first-order valence-electron chi connectivity index (χ1n) is 6.74. The van der Waals surface area contributed by atoms with Crippen LogP contribution in [0, 0.1) is 5.92 Å². The zero-order chi connectivity index (χ0) is 13.4. The van der Waals surface area contributed by atoms with Crippen molar-refractivity contribution in [3.8, 4) is 0 Å². The van der Waals surface area contributed by atoms with Crippen molar-refractivity contribution in [1.29, 1.82) is 0 Å². The summed E-state index contributed by atoms with van der Waals surface area (Å²) < 4.78 is 0. The number of nitrogens with two attached hydrogens (primary N) is 1. The quantitative estimate of drug-likeness (QED) is 0.761. The summed E-state index contributed by atoms with van der Waals surface area (Å²) >= 11 is 1.70. The molecule has 1 rings (SSSR count). The van der Waals surface area contributed by atoms with Gasteiger partial charge >= 0.3 is 0 Å². The molecule has 0 saturated carbocycles. The second-order valence-electron chi connectivity index (χ2n) is 4.64. The highest BCUT2D eigenvalue weighted by molar-refractivity contribution is 7.10. The molecule has 0 radical (unpaired) electrons. The molecule has 1 heterocycles. The predicted molar refractivity (Wildman–Crippen MR) is 77.6 cm³/mol. The Morgan fingerprint density at radius 3 is 2.78 bits per heavy atom. The molecule has 0 bridgehead atoms. The minimum Gasteiger partial charge on any atom is -0.348 e. The van der Waals surface area contributed by atoms with Gasteiger partial charge in [-0.15, -0.1) is 11.3 Å². The minimum atomic E-state index is 0.124. The number of nitrogens with one attached hydrogen (secondary N) is 1. The molecule has 0 spiro atoms. The topological polar surface area (TPSA) is 55.1 Å². The van der Waals surface area contributed by atoms with Crippen LogP contribution in [0.3, 0.4) is 0 Å². The van der Waals surface area contributed by atoms with Crippen LogP contribution in [0.1, 0.15) is 50.4 Å².